The Balaban J connectivity index is 1.91. The van der Waals surface area contributed by atoms with Crippen LogP contribution in [-0.4, -0.2) is 19.2 Å². The summed E-state index contributed by atoms with van der Waals surface area (Å²) < 4.78 is 3.29. The van der Waals surface area contributed by atoms with Crippen molar-refractivity contribution in [3.8, 4) is 0 Å². The van der Waals surface area contributed by atoms with Crippen LogP contribution in [0, 0.1) is 0 Å². The third kappa shape index (κ3) is 2.69. The van der Waals surface area contributed by atoms with Crippen molar-refractivity contribution in [2.75, 3.05) is 5.32 Å². The Morgan fingerprint density at radius 1 is 1.36 bits per heavy atom. The molecular formula is C15H16ClN5O. The molecular weight excluding hydrogens is 302 g/mol. The van der Waals surface area contributed by atoms with Crippen molar-refractivity contribution in [2.45, 2.75) is 19.9 Å². The maximum Gasteiger partial charge on any atom is 0.250 e. The van der Waals surface area contributed by atoms with Gasteiger partial charge in [-0.15, -0.1) is 0 Å². The number of fused-ring (bicyclic) bond motifs is 1. The van der Waals surface area contributed by atoms with Gasteiger partial charge >= 0.3 is 0 Å². The molecule has 3 aromatic heterocycles. The molecule has 0 unspecified atom stereocenters. The predicted molar refractivity (Wildman–Crippen MR) is 86.4 cm³/mol. The van der Waals surface area contributed by atoms with Crippen molar-refractivity contribution in [3.05, 3.63) is 57.2 Å². The molecule has 114 valence electrons. The molecule has 0 saturated heterocycles. The number of anilines is 1. The van der Waals surface area contributed by atoms with Crippen LogP contribution in [-0.2, 0) is 20.0 Å². The van der Waals surface area contributed by atoms with Crippen LogP contribution in [0.4, 0.5) is 5.82 Å². The number of nitrogens with one attached hydrogen (secondary N) is 1. The van der Waals surface area contributed by atoms with E-state index in [2.05, 4.69) is 22.3 Å². The highest BCUT2D eigenvalue weighted by molar-refractivity contribution is 6.29. The van der Waals surface area contributed by atoms with Gasteiger partial charge in [-0.25, -0.2) is 4.98 Å². The lowest BCUT2D eigenvalue weighted by atomic mass is 10.2. The van der Waals surface area contributed by atoms with Crippen LogP contribution in [0.3, 0.4) is 0 Å². The first-order valence-electron chi connectivity index (χ1n) is 7.01. The molecule has 0 spiro atoms. The summed E-state index contributed by atoms with van der Waals surface area (Å²) in [6.07, 6.45) is 4.45. The van der Waals surface area contributed by atoms with Gasteiger partial charge in [0.05, 0.1) is 6.20 Å². The zero-order valence-corrected chi connectivity index (χ0v) is 13.1. The summed E-state index contributed by atoms with van der Waals surface area (Å²) in [5.41, 5.74) is 2.77. The van der Waals surface area contributed by atoms with E-state index in [0.29, 0.717) is 11.7 Å². The first kappa shape index (κ1) is 14.6. The van der Waals surface area contributed by atoms with Crippen LogP contribution in [0.1, 0.15) is 18.1 Å². The smallest absolute Gasteiger partial charge is 0.250 e. The Labute approximate surface area is 132 Å². The van der Waals surface area contributed by atoms with Crippen molar-refractivity contribution in [3.63, 3.8) is 0 Å². The molecule has 0 fully saturated rings. The number of aryl methyl sites for hydroxylation is 2. The Hall–Kier alpha value is -2.34. The van der Waals surface area contributed by atoms with Crippen molar-refractivity contribution in [1.82, 2.24) is 19.2 Å². The second-order valence-electron chi connectivity index (χ2n) is 5.06. The first-order chi connectivity index (χ1) is 10.6. The van der Waals surface area contributed by atoms with E-state index in [9.17, 15) is 4.79 Å². The maximum absolute atomic E-state index is 11.4. The molecule has 0 amide bonds. The SMILES string of the molecule is CCc1cnn2c(NCc3ccc(=O)n(C)c3)cc(Cl)nc12. The number of hydrogen-bond acceptors (Lipinski definition) is 4. The van der Waals surface area contributed by atoms with E-state index in [-0.39, 0.29) is 5.56 Å². The fourth-order valence-corrected chi connectivity index (χ4v) is 2.49. The summed E-state index contributed by atoms with van der Waals surface area (Å²) in [5.74, 6) is 0.767. The zero-order chi connectivity index (χ0) is 15.7. The highest BCUT2D eigenvalue weighted by Gasteiger charge is 2.09. The normalized spacial score (nSPS) is 11.0. The van der Waals surface area contributed by atoms with Gasteiger partial charge in [-0.05, 0) is 12.0 Å². The monoisotopic (exact) mass is 317 g/mol. The molecule has 0 aromatic carbocycles. The van der Waals surface area contributed by atoms with Crippen molar-refractivity contribution < 1.29 is 0 Å². The molecule has 0 atom stereocenters. The highest BCUT2D eigenvalue weighted by Crippen LogP contribution is 2.19. The molecule has 0 bridgehead atoms. The number of nitrogens with zero attached hydrogens (tertiary/aromatic N) is 4. The molecule has 7 heteroatoms. The second kappa shape index (κ2) is 5.81. The van der Waals surface area contributed by atoms with Crippen LogP contribution in [0.15, 0.2) is 35.4 Å². The minimum atomic E-state index is -0.0299. The van der Waals surface area contributed by atoms with Gasteiger partial charge in [0.2, 0.25) is 5.56 Å². The average molecular weight is 318 g/mol. The number of aromatic nitrogens is 4. The summed E-state index contributed by atoms with van der Waals surface area (Å²) in [7, 11) is 1.73. The molecule has 3 heterocycles. The van der Waals surface area contributed by atoms with Crippen LogP contribution in [0.5, 0.6) is 0 Å². The van der Waals surface area contributed by atoms with Crippen LogP contribution >= 0.6 is 11.6 Å². The van der Waals surface area contributed by atoms with Gasteiger partial charge in [-0.1, -0.05) is 24.6 Å². The van der Waals surface area contributed by atoms with Gasteiger partial charge in [0.25, 0.3) is 0 Å². The van der Waals surface area contributed by atoms with E-state index < -0.39 is 0 Å². The predicted octanol–water partition coefficient (Wildman–Crippen LogP) is 2.26. The molecule has 0 aliphatic carbocycles. The molecule has 0 radical (unpaired) electrons. The lowest BCUT2D eigenvalue weighted by Crippen LogP contribution is -2.16. The van der Waals surface area contributed by atoms with Gasteiger partial charge in [0.1, 0.15) is 11.0 Å². The average Bonchev–Trinajstić information content (AvgIpc) is 2.91. The molecule has 22 heavy (non-hydrogen) atoms. The summed E-state index contributed by atoms with van der Waals surface area (Å²) in [4.78, 5) is 15.7. The van der Waals surface area contributed by atoms with Gasteiger partial charge < -0.3 is 9.88 Å². The van der Waals surface area contributed by atoms with E-state index in [0.717, 1.165) is 29.0 Å². The van der Waals surface area contributed by atoms with E-state index in [4.69, 9.17) is 11.6 Å². The Morgan fingerprint density at radius 3 is 2.91 bits per heavy atom. The maximum atomic E-state index is 11.4. The summed E-state index contributed by atoms with van der Waals surface area (Å²) in [5, 5.41) is 8.06. The largest absolute Gasteiger partial charge is 0.366 e. The first-order valence-corrected chi connectivity index (χ1v) is 7.39. The van der Waals surface area contributed by atoms with E-state index in [1.54, 1.807) is 46.7 Å². The number of hydrogen-bond donors (Lipinski definition) is 1. The molecule has 0 aliphatic heterocycles. The van der Waals surface area contributed by atoms with Gasteiger partial charge in [0, 0.05) is 37.5 Å². The highest BCUT2D eigenvalue weighted by atomic mass is 35.5. The minimum absolute atomic E-state index is 0.0299. The fraction of sp³-hybridized carbons (Fsp3) is 0.267. The van der Waals surface area contributed by atoms with Gasteiger partial charge in [-0.3, -0.25) is 4.79 Å². The molecule has 6 nitrogen and oxygen atoms in total. The van der Waals surface area contributed by atoms with Crippen molar-refractivity contribution >= 4 is 23.1 Å². The lowest BCUT2D eigenvalue weighted by Gasteiger charge is -2.10. The number of rotatable bonds is 4. The van der Waals surface area contributed by atoms with Crippen LogP contribution < -0.4 is 10.9 Å². The third-order valence-corrected chi connectivity index (χ3v) is 3.71. The zero-order valence-electron chi connectivity index (χ0n) is 12.4. The van der Waals surface area contributed by atoms with Crippen LogP contribution in [0.25, 0.3) is 5.65 Å². The molecule has 3 aromatic rings. The van der Waals surface area contributed by atoms with Crippen LogP contribution in [0.2, 0.25) is 5.15 Å². The Bertz CT molecular complexity index is 883. The van der Waals surface area contributed by atoms with Crippen molar-refractivity contribution in [2.24, 2.45) is 7.05 Å². The number of pyridine rings is 1. The summed E-state index contributed by atoms with van der Waals surface area (Å²) in [6.45, 7) is 2.61. The topological polar surface area (TPSA) is 64.2 Å². The Morgan fingerprint density at radius 2 is 2.18 bits per heavy atom. The summed E-state index contributed by atoms with van der Waals surface area (Å²) in [6, 6.07) is 5.09. The second-order valence-corrected chi connectivity index (χ2v) is 5.45. The van der Waals surface area contributed by atoms with Gasteiger partial charge in [-0.2, -0.15) is 9.61 Å². The third-order valence-electron chi connectivity index (χ3n) is 3.52. The van der Waals surface area contributed by atoms with E-state index in [1.807, 2.05) is 0 Å². The minimum Gasteiger partial charge on any atom is -0.366 e. The molecule has 1 N–H and O–H groups in total. The molecule has 0 saturated carbocycles. The fourth-order valence-electron chi connectivity index (χ4n) is 2.30. The van der Waals surface area contributed by atoms with Crippen molar-refractivity contribution in [1.29, 1.82) is 0 Å². The molecule has 3 rings (SSSR count). The van der Waals surface area contributed by atoms with E-state index in [1.165, 1.54) is 0 Å². The summed E-state index contributed by atoms with van der Waals surface area (Å²) >= 11 is 6.10. The number of halogens is 1. The lowest BCUT2D eigenvalue weighted by molar-refractivity contribution is 0.840. The quantitative estimate of drug-likeness (QED) is 0.750. The van der Waals surface area contributed by atoms with E-state index >= 15 is 0 Å². The standard InChI is InChI=1S/C15H16ClN5O/c1-3-11-8-18-21-13(6-12(16)19-15(11)21)17-7-10-4-5-14(22)20(2)9-10/h4-6,8-9,17H,3,7H2,1-2H3. The van der Waals surface area contributed by atoms with Gasteiger partial charge in [0.15, 0.2) is 5.65 Å². The molecule has 0 aliphatic rings. The Kier molecular flexibility index (Phi) is 3.85.